The summed E-state index contributed by atoms with van der Waals surface area (Å²) < 4.78 is 5.91. The van der Waals surface area contributed by atoms with Crippen molar-refractivity contribution in [2.75, 3.05) is 13.2 Å². The van der Waals surface area contributed by atoms with Crippen molar-refractivity contribution in [3.63, 3.8) is 0 Å². The summed E-state index contributed by atoms with van der Waals surface area (Å²) in [5, 5.41) is 6.01. The van der Waals surface area contributed by atoms with Gasteiger partial charge in [0.1, 0.15) is 5.75 Å². The zero-order chi connectivity index (χ0) is 25.1. The lowest BCUT2D eigenvalue weighted by molar-refractivity contribution is -0.125. The van der Waals surface area contributed by atoms with Crippen LogP contribution in [-0.2, 0) is 9.59 Å². The Morgan fingerprint density at radius 1 is 0.912 bits per heavy atom. The molecule has 2 aromatic carbocycles. The molecule has 6 nitrogen and oxygen atoms in total. The van der Waals surface area contributed by atoms with E-state index in [1.54, 1.807) is 0 Å². The van der Waals surface area contributed by atoms with Crippen LogP contribution >= 0.6 is 0 Å². The molecule has 0 aromatic heterocycles. The predicted octanol–water partition coefficient (Wildman–Crippen LogP) is 4.56. The van der Waals surface area contributed by atoms with Crippen LogP contribution in [0.1, 0.15) is 70.5 Å². The first-order valence-electron chi connectivity index (χ1n) is 12.3. The summed E-state index contributed by atoms with van der Waals surface area (Å²) in [6.07, 6.45) is 2.27. The molecule has 34 heavy (non-hydrogen) atoms. The molecule has 0 radical (unpaired) electrons. The summed E-state index contributed by atoms with van der Waals surface area (Å²) >= 11 is 0. The molecule has 6 heteroatoms. The van der Waals surface area contributed by atoms with Gasteiger partial charge in [-0.1, -0.05) is 76.6 Å². The van der Waals surface area contributed by atoms with Crippen molar-refractivity contribution in [3.8, 4) is 5.75 Å². The first-order chi connectivity index (χ1) is 16.2. The van der Waals surface area contributed by atoms with Crippen molar-refractivity contribution < 1.29 is 14.3 Å². The van der Waals surface area contributed by atoms with Gasteiger partial charge in [0.25, 0.3) is 0 Å². The third-order valence-corrected chi connectivity index (χ3v) is 6.11. The Labute approximate surface area is 204 Å². The lowest BCUT2D eigenvalue weighted by Gasteiger charge is -2.24. The molecular formula is C28H41N3O3. The van der Waals surface area contributed by atoms with Gasteiger partial charge in [-0.05, 0) is 48.4 Å². The molecule has 2 unspecified atom stereocenters. The van der Waals surface area contributed by atoms with Crippen LogP contribution in [-0.4, -0.2) is 31.0 Å². The zero-order valence-corrected chi connectivity index (χ0v) is 21.2. The molecule has 0 heterocycles. The van der Waals surface area contributed by atoms with Crippen molar-refractivity contribution in [2.45, 2.75) is 65.5 Å². The summed E-state index contributed by atoms with van der Waals surface area (Å²) in [5.74, 6) is 0.664. The monoisotopic (exact) mass is 467 g/mol. The summed E-state index contributed by atoms with van der Waals surface area (Å²) in [7, 11) is 0. The lowest BCUT2D eigenvalue weighted by atomic mass is 9.99. The normalized spacial score (nSPS) is 14.7. The second-order valence-corrected chi connectivity index (χ2v) is 9.48. The van der Waals surface area contributed by atoms with Crippen molar-refractivity contribution >= 4 is 11.8 Å². The molecule has 0 aliphatic heterocycles. The third kappa shape index (κ3) is 8.49. The minimum atomic E-state index is -0.597. The summed E-state index contributed by atoms with van der Waals surface area (Å²) in [5.41, 5.74) is 7.82. The van der Waals surface area contributed by atoms with Gasteiger partial charge in [0.2, 0.25) is 11.8 Å². The molecule has 4 atom stereocenters. The fourth-order valence-corrected chi connectivity index (χ4v) is 3.68. The Balaban J connectivity index is 2.12. The molecule has 0 saturated carbocycles. The Kier molecular flexibility index (Phi) is 11.1. The highest BCUT2D eigenvalue weighted by molar-refractivity contribution is 5.84. The summed E-state index contributed by atoms with van der Waals surface area (Å²) in [6, 6.07) is 16.4. The van der Waals surface area contributed by atoms with E-state index in [9.17, 15) is 9.59 Å². The van der Waals surface area contributed by atoms with Crippen molar-refractivity contribution in [1.29, 1.82) is 0 Å². The fourth-order valence-electron chi connectivity index (χ4n) is 3.68. The molecule has 2 amide bonds. The van der Waals surface area contributed by atoms with E-state index in [0.29, 0.717) is 12.5 Å². The van der Waals surface area contributed by atoms with Crippen LogP contribution in [0.2, 0.25) is 0 Å². The maximum absolute atomic E-state index is 13.0. The zero-order valence-electron chi connectivity index (χ0n) is 21.2. The summed E-state index contributed by atoms with van der Waals surface area (Å²) in [4.78, 5) is 25.5. The largest absolute Gasteiger partial charge is 0.493 e. The molecule has 0 saturated heterocycles. The SMILES string of the molecule is CCCC(C)COc1ccc([C@H](CNC(=O)[C@@H](N)C(C)C)NC(=O)C(C)c2ccccc2)cc1. The van der Waals surface area contributed by atoms with Gasteiger partial charge in [-0.25, -0.2) is 0 Å². The maximum atomic E-state index is 13.0. The first-order valence-corrected chi connectivity index (χ1v) is 12.3. The Hall–Kier alpha value is -2.86. The van der Waals surface area contributed by atoms with Gasteiger partial charge in [-0.3, -0.25) is 9.59 Å². The minimum Gasteiger partial charge on any atom is -0.493 e. The second-order valence-electron chi connectivity index (χ2n) is 9.48. The van der Waals surface area contributed by atoms with Gasteiger partial charge in [-0.15, -0.1) is 0 Å². The highest BCUT2D eigenvalue weighted by atomic mass is 16.5. The quantitative estimate of drug-likeness (QED) is 0.402. The molecule has 2 rings (SSSR count). The van der Waals surface area contributed by atoms with E-state index in [0.717, 1.165) is 29.7 Å². The van der Waals surface area contributed by atoms with Crippen LogP contribution in [0.4, 0.5) is 0 Å². The van der Waals surface area contributed by atoms with Crippen LogP contribution < -0.4 is 21.1 Å². The Morgan fingerprint density at radius 2 is 1.56 bits per heavy atom. The molecule has 0 aliphatic carbocycles. The number of carbonyl (C=O) groups excluding carboxylic acids is 2. The highest BCUT2D eigenvalue weighted by Gasteiger charge is 2.23. The van der Waals surface area contributed by atoms with E-state index in [1.807, 2.05) is 75.4 Å². The van der Waals surface area contributed by atoms with E-state index in [1.165, 1.54) is 0 Å². The summed E-state index contributed by atoms with van der Waals surface area (Å²) in [6.45, 7) is 11.0. The lowest BCUT2D eigenvalue weighted by Crippen LogP contribution is -2.47. The topological polar surface area (TPSA) is 93.4 Å². The molecule has 4 N–H and O–H groups in total. The molecule has 0 aliphatic rings. The van der Waals surface area contributed by atoms with Gasteiger partial charge in [0, 0.05) is 6.54 Å². The van der Waals surface area contributed by atoms with Gasteiger partial charge >= 0.3 is 0 Å². The fraction of sp³-hybridized carbons (Fsp3) is 0.500. The molecule has 0 fully saturated rings. The second kappa shape index (κ2) is 13.8. The number of amides is 2. The molecule has 0 bridgehead atoms. The average molecular weight is 468 g/mol. The van der Waals surface area contributed by atoms with Gasteiger partial charge in [-0.2, -0.15) is 0 Å². The molecular weight excluding hydrogens is 426 g/mol. The van der Waals surface area contributed by atoms with Crippen LogP contribution in [0.5, 0.6) is 5.75 Å². The van der Waals surface area contributed by atoms with Gasteiger partial charge in [0.05, 0.1) is 24.6 Å². The average Bonchev–Trinajstić information content (AvgIpc) is 2.85. The van der Waals surface area contributed by atoms with E-state index in [4.69, 9.17) is 10.5 Å². The Bertz CT molecular complexity index is 884. The van der Waals surface area contributed by atoms with Gasteiger partial charge in [0.15, 0.2) is 0 Å². The predicted molar refractivity (Wildman–Crippen MR) is 138 cm³/mol. The van der Waals surface area contributed by atoms with E-state index in [-0.39, 0.29) is 30.2 Å². The van der Waals surface area contributed by atoms with Crippen LogP contribution in [0.15, 0.2) is 54.6 Å². The number of carbonyl (C=O) groups is 2. The minimum absolute atomic E-state index is 0.0256. The van der Waals surface area contributed by atoms with Crippen molar-refractivity contribution in [2.24, 2.45) is 17.6 Å². The number of nitrogens with one attached hydrogen (secondary N) is 2. The van der Waals surface area contributed by atoms with Crippen LogP contribution in [0.3, 0.4) is 0 Å². The molecule has 0 spiro atoms. The van der Waals surface area contributed by atoms with Crippen molar-refractivity contribution in [1.82, 2.24) is 10.6 Å². The highest BCUT2D eigenvalue weighted by Crippen LogP contribution is 2.21. The number of nitrogens with two attached hydrogens (primary N) is 1. The van der Waals surface area contributed by atoms with Crippen LogP contribution in [0, 0.1) is 11.8 Å². The molecule has 186 valence electrons. The number of rotatable bonds is 13. The number of hydrogen-bond acceptors (Lipinski definition) is 4. The maximum Gasteiger partial charge on any atom is 0.237 e. The number of hydrogen-bond donors (Lipinski definition) is 3. The van der Waals surface area contributed by atoms with E-state index >= 15 is 0 Å². The standard InChI is InChI=1S/C28H41N3O3/c1-6-10-20(4)18-34-24-15-13-23(14-16-24)25(17-30-28(33)26(29)19(2)3)31-27(32)21(5)22-11-8-7-9-12-22/h7-9,11-16,19-21,25-26H,6,10,17-18,29H2,1-5H3,(H,30,33)(H,31,32)/t20?,21?,25-,26-/m0/s1. The van der Waals surface area contributed by atoms with Crippen molar-refractivity contribution in [3.05, 3.63) is 65.7 Å². The Morgan fingerprint density at radius 3 is 2.15 bits per heavy atom. The molecule has 2 aromatic rings. The van der Waals surface area contributed by atoms with Gasteiger partial charge < -0.3 is 21.1 Å². The first kappa shape index (κ1) is 27.4. The number of ether oxygens (including phenoxy) is 1. The van der Waals surface area contributed by atoms with E-state index in [2.05, 4.69) is 24.5 Å². The smallest absolute Gasteiger partial charge is 0.237 e. The van der Waals surface area contributed by atoms with Crippen LogP contribution in [0.25, 0.3) is 0 Å². The van der Waals surface area contributed by atoms with E-state index < -0.39 is 12.1 Å². The number of benzene rings is 2. The third-order valence-electron chi connectivity index (χ3n) is 6.11.